The second-order valence-electron chi connectivity index (χ2n) is 7.38. The second kappa shape index (κ2) is 6.62. The summed E-state index contributed by atoms with van der Waals surface area (Å²) < 4.78 is 70.1. The summed E-state index contributed by atoms with van der Waals surface area (Å²) in [6, 6.07) is 4.02. The SMILES string of the molecule is N#CC1(NS(=O)(=O)c2cc(F)c3nc(C4CC4)n(-c4nnc(C(F)F)[se]4)c3c2)CC1. The topological polar surface area (TPSA) is 114 Å². The third-order valence-corrected chi connectivity index (χ3v) is 8.50. The van der Waals surface area contributed by atoms with Crippen LogP contribution < -0.4 is 4.72 Å². The van der Waals surface area contributed by atoms with Crippen molar-refractivity contribution in [3.63, 3.8) is 0 Å². The number of aromatic nitrogens is 4. The molecule has 0 unspecified atom stereocenters. The van der Waals surface area contributed by atoms with Crippen LogP contribution in [0.4, 0.5) is 13.2 Å². The Balaban J connectivity index is 1.69. The third kappa shape index (κ3) is 3.24. The molecule has 0 bridgehead atoms. The summed E-state index contributed by atoms with van der Waals surface area (Å²) in [5, 5.41) is 16.6. The summed E-state index contributed by atoms with van der Waals surface area (Å²) >= 11 is -0.895. The molecule has 30 heavy (non-hydrogen) atoms. The van der Waals surface area contributed by atoms with Crippen LogP contribution >= 0.6 is 0 Å². The molecule has 8 nitrogen and oxygen atoms in total. The Labute approximate surface area is 174 Å². The van der Waals surface area contributed by atoms with Crippen LogP contribution in [-0.2, 0) is 10.0 Å². The summed E-state index contributed by atoms with van der Waals surface area (Å²) in [6.07, 6.45) is -0.367. The van der Waals surface area contributed by atoms with Gasteiger partial charge in [-0.3, -0.25) is 0 Å². The van der Waals surface area contributed by atoms with Crippen molar-refractivity contribution < 1.29 is 21.6 Å². The van der Waals surface area contributed by atoms with E-state index in [1.165, 1.54) is 10.6 Å². The minimum absolute atomic E-state index is 0.0254. The Bertz CT molecular complexity index is 1320. The Morgan fingerprint density at radius 2 is 2.03 bits per heavy atom. The molecule has 0 atom stereocenters. The van der Waals surface area contributed by atoms with Crippen molar-refractivity contribution in [3.05, 3.63) is 28.3 Å². The van der Waals surface area contributed by atoms with E-state index in [2.05, 4.69) is 19.9 Å². The van der Waals surface area contributed by atoms with Gasteiger partial charge in [0.15, 0.2) is 0 Å². The number of fused-ring (bicyclic) bond motifs is 1. The molecule has 2 aromatic heterocycles. The van der Waals surface area contributed by atoms with Gasteiger partial charge < -0.3 is 0 Å². The molecule has 2 heterocycles. The van der Waals surface area contributed by atoms with Crippen molar-refractivity contribution in [3.8, 4) is 10.8 Å². The fraction of sp³-hybridized carbons (Fsp3) is 0.412. The molecule has 0 spiro atoms. The molecule has 1 aromatic carbocycles. The van der Waals surface area contributed by atoms with E-state index in [9.17, 15) is 21.6 Å². The molecule has 5 rings (SSSR count). The molecule has 2 aliphatic rings. The van der Waals surface area contributed by atoms with Crippen molar-refractivity contribution in [1.29, 1.82) is 5.26 Å². The van der Waals surface area contributed by atoms with E-state index in [1.807, 2.05) is 6.07 Å². The molecular weight excluding hydrogens is 488 g/mol. The normalized spacial score (nSPS) is 18.1. The van der Waals surface area contributed by atoms with Crippen molar-refractivity contribution in [2.75, 3.05) is 0 Å². The van der Waals surface area contributed by atoms with E-state index in [0.29, 0.717) is 18.7 Å². The first kappa shape index (κ1) is 19.7. The van der Waals surface area contributed by atoms with Crippen LogP contribution in [0.25, 0.3) is 15.7 Å². The number of imidazole rings is 1. The molecule has 2 saturated carbocycles. The zero-order chi connectivity index (χ0) is 21.3. The van der Waals surface area contributed by atoms with Gasteiger partial charge in [0.25, 0.3) is 0 Å². The van der Waals surface area contributed by atoms with Crippen LogP contribution in [0.2, 0.25) is 0 Å². The summed E-state index contributed by atoms with van der Waals surface area (Å²) in [5.41, 5.74) is -1.09. The Hall–Kier alpha value is -2.26. The summed E-state index contributed by atoms with van der Waals surface area (Å²) in [4.78, 5) is 3.96. The number of sulfonamides is 1. The Morgan fingerprint density at radius 1 is 1.30 bits per heavy atom. The first-order valence-corrected chi connectivity index (χ1v) is 12.2. The van der Waals surface area contributed by atoms with Gasteiger partial charge in [0.1, 0.15) is 0 Å². The van der Waals surface area contributed by atoms with Gasteiger partial charge in [-0.1, -0.05) is 0 Å². The van der Waals surface area contributed by atoms with Crippen LogP contribution in [0.1, 0.15) is 48.4 Å². The van der Waals surface area contributed by atoms with Gasteiger partial charge in [0.2, 0.25) is 0 Å². The summed E-state index contributed by atoms with van der Waals surface area (Å²) in [6.45, 7) is 0. The van der Waals surface area contributed by atoms with E-state index < -0.39 is 42.3 Å². The van der Waals surface area contributed by atoms with Crippen LogP contribution in [0, 0.1) is 17.1 Å². The molecule has 1 N–H and O–H groups in total. The number of alkyl halides is 2. The zero-order valence-electron chi connectivity index (χ0n) is 15.1. The first-order chi connectivity index (χ1) is 14.2. The third-order valence-electron chi connectivity index (χ3n) is 5.07. The van der Waals surface area contributed by atoms with E-state index in [-0.39, 0.29) is 31.1 Å². The van der Waals surface area contributed by atoms with Gasteiger partial charge in [0, 0.05) is 0 Å². The molecule has 2 aliphatic carbocycles. The van der Waals surface area contributed by atoms with Gasteiger partial charge in [0.05, 0.1) is 0 Å². The number of nitrogens with zero attached hydrogens (tertiary/aromatic N) is 5. The molecule has 0 aliphatic heterocycles. The molecule has 0 radical (unpaired) electrons. The van der Waals surface area contributed by atoms with Gasteiger partial charge in [-0.25, -0.2) is 0 Å². The zero-order valence-corrected chi connectivity index (χ0v) is 17.7. The van der Waals surface area contributed by atoms with Gasteiger partial charge in [-0.2, -0.15) is 0 Å². The van der Waals surface area contributed by atoms with Crippen LogP contribution in [0.5, 0.6) is 0 Å². The number of nitriles is 1. The predicted octanol–water partition coefficient (Wildman–Crippen LogP) is 2.16. The average molecular weight is 501 g/mol. The number of hydrogen-bond donors (Lipinski definition) is 1. The number of benzene rings is 1. The fourth-order valence-electron chi connectivity index (χ4n) is 3.18. The quantitative estimate of drug-likeness (QED) is 0.518. The maximum absolute atomic E-state index is 14.9. The Kier molecular flexibility index (Phi) is 4.34. The fourth-order valence-corrected chi connectivity index (χ4v) is 6.11. The predicted molar refractivity (Wildman–Crippen MR) is 98.4 cm³/mol. The molecule has 2 fully saturated rings. The standard InChI is InChI=1S/C17H13F3N6O2SSe/c18-10-5-9(29(27,28)25-17(7-21)3-4-17)6-11-12(10)22-14(8-1-2-8)26(11)16-24-23-15(30-16)13(19)20/h5-6,8,13,25H,1-4H2. The monoisotopic (exact) mass is 502 g/mol. The molecular formula is C17H13F3N6O2SSe. The number of halogens is 3. The van der Waals surface area contributed by atoms with Crippen LogP contribution in [0.3, 0.4) is 0 Å². The van der Waals surface area contributed by atoms with Crippen molar-refractivity contribution >= 4 is 35.6 Å². The number of rotatable bonds is 6. The van der Waals surface area contributed by atoms with Gasteiger partial charge >= 0.3 is 174 Å². The number of hydrogen-bond acceptors (Lipinski definition) is 6. The second-order valence-corrected chi connectivity index (χ2v) is 11.1. The van der Waals surface area contributed by atoms with E-state index >= 15 is 0 Å². The molecule has 0 saturated heterocycles. The minimum atomic E-state index is -4.18. The van der Waals surface area contributed by atoms with Crippen molar-refractivity contribution in [2.45, 2.75) is 48.5 Å². The number of nitrogens with one attached hydrogen (secondary N) is 1. The average Bonchev–Trinajstić information content (AvgIpc) is 3.59. The molecule has 3 aromatic rings. The van der Waals surface area contributed by atoms with Gasteiger partial charge in [-0.15, -0.1) is 0 Å². The molecule has 13 heteroatoms. The van der Waals surface area contributed by atoms with Crippen molar-refractivity contribution in [1.82, 2.24) is 24.5 Å². The van der Waals surface area contributed by atoms with Crippen LogP contribution in [-0.4, -0.2) is 48.2 Å². The van der Waals surface area contributed by atoms with E-state index in [0.717, 1.165) is 18.9 Å². The summed E-state index contributed by atoms with van der Waals surface area (Å²) in [7, 11) is -4.18. The molecule has 0 amide bonds. The van der Waals surface area contributed by atoms with E-state index in [1.54, 1.807) is 0 Å². The van der Waals surface area contributed by atoms with Crippen LogP contribution in [0.15, 0.2) is 17.0 Å². The van der Waals surface area contributed by atoms with E-state index in [4.69, 9.17) is 5.26 Å². The van der Waals surface area contributed by atoms with Gasteiger partial charge in [-0.05, 0) is 0 Å². The first-order valence-electron chi connectivity index (χ1n) is 9.02. The molecule has 156 valence electrons. The summed E-state index contributed by atoms with van der Waals surface area (Å²) in [5.74, 6) is -0.359. The van der Waals surface area contributed by atoms with Crippen molar-refractivity contribution in [2.24, 2.45) is 0 Å². The maximum atomic E-state index is 14.9. The Morgan fingerprint density at radius 3 is 2.60 bits per heavy atom.